The normalized spacial score (nSPS) is 25.1. The van der Waals surface area contributed by atoms with E-state index in [1.165, 1.54) is 0 Å². The van der Waals surface area contributed by atoms with Crippen molar-refractivity contribution in [1.29, 1.82) is 0 Å². The largest absolute Gasteiger partial charge is 0.385 e. The smallest absolute Gasteiger partial charge is 0.216 e. The average Bonchev–Trinajstić information content (AvgIpc) is 2.67. The van der Waals surface area contributed by atoms with Gasteiger partial charge in [-0.3, -0.25) is 0 Å². The molecule has 2 aliphatic rings. The Labute approximate surface area is 181 Å². The zero-order valence-corrected chi connectivity index (χ0v) is 19.9. The number of sulfonamides is 1. The summed E-state index contributed by atoms with van der Waals surface area (Å²) >= 11 is 0. The van der Waals surface area contributed by atoms with Gasteiger partial charge in [-0.15, -0.1) is 0 Å². The Balaban J connectivity index is 1.43. The average molecular weight is 458 g/mol. The van der Waals surface area contributed by atoms with Crippen molar-refractivity contribution in [3.05, 3.63) is 24.3 Å². The second-order valence-electron chi connectivity index (χ2n) is 9.52. The third kappa shape index (κ3) is 6.11. The van der Waals surface area contributed by atoms with Crippen LogP contribution in [-0.4, -0.2) is 58.8 Å². The van der Waals surface area contributed by atoms with Gasteiger partial charge in [-0.2, -0.15) is 0 Å². The summed E-state index contributed by atoms with van der Waals surface area (Å²) in [7, 11) is -6.16. The second kappa shape index (κ2) is 9.04. The predicted octanol–water partition coefficient (Wildman–Crippen LogP) is 2.61. The van der Waals surface area contributed by atoms with Crippen LogP contribution in [0.15, 0.2) is 24.3 Å². The highest BCUT2D eigenvalue weighted by Gasteiger charge is 2.32. The topological polar surface area (TPSA) is 95.6 Å². The first-order valence-electron chi connectivity index (χ1n) is 10.8. The lowest BCUT2D eigenvalue weighted by Crippen LogP contribution is -2.46. The summed E-state index contributed by atoms with van der Waals surface area (Å²) < 4.78 is 49.9. The summed E-state index contributed by atoms with van der Waals surface area (Å²) in [5.41, 5.74) is 2.11. The predicted molar refractivity (Wildman–Crippen MR) is 123 cm³/mol. The van der Waals surface area contributed by atoms with E-state index in [9.17, 15) is 16.8 Å². The Hall–Kier alpha value is -1.32. The fourth-order valence-corrected chi connectivity index (χ4v) is 6.13. The number of nitrogens with one attached hydrogen (secondary N) is 2. The molecule has 1 aliphatic heterocycles. The maximum absolute atomic E-state index is 12.3. The number of anilines is 2. The summed E-state index contributed by atoms with van der Waals surface area (Å²) in [6.07, 6.45) is 3.76. The number of hydrogen-bond acceptors (Lipinski definition) is 6. The standard InChI is InChI=1S/C21H35N3O4S2/c1-21(2,3)30(27,28)23-19-6-4-17(5-7-19)16-22-18-8-10-20(11-9-18)24-12-14-29(25,26)15-13-24/h8-11,17,19,22-23H,4-7,12-16H2,1-3H3/t17-,19-. The molecule has 1 aliphatic carbocycles. The fourth-order valence-electron chi connectivity index (χ4n) is 3.90. The minimum absolute atomic E-state index is 0.0399. The van der Waals surface area contributed by atoms with Crippen molar-refractivity contribution in [2.75, 3.05) is 41.4 Å². The van der Waals surface area contributed by atoms with Gasteiger partial charge in [0.05, 0.1) is 16.3 Å². The van der Waals surface area contributed by atoms with Gasteiger partial charge in [0.2, 0.25) is 10.0 Å². The molecule has 1 aromatic carbocycles. The molecule has 2 fully saturated rings. The van der Waals surface area contributed by atoms with Crippen molar-refractivity contribution in [2.24, 2.45) is 5.92 Å². The zero-order chi connectivity index (χ0) is 22.0. The minimum atomic E-state index is -3.29. The highest BCUT2D eigenvalue weighted by atomic mass is 32.2. The van der Waals surface area contributed by atoms with Crippen LogP contribution in [-0.2, 0) is 19.9 Å². The lowest BCUT2D eigenvalue weighted by molar-refractivity contribution is 0.322. The lowest BCUT2D eigenvalue weighted by atomic mass is 9.86. The van der Waals surface area contributed by atoms with Gasteiger partial charge < -0.3 is 10.2 Å². The SMILES string of the molecule is CC(C)(C)S(=O)(=O)N[C@H]1CC[C@H](CNc2ccc(N3CCS(=O)(=O)CC3)cc2)CC1. The van der Waals surface area contributed by atoms with Crippen LogP contribution >= 0.6 is 0 Å². The van der Waals surface area contributed by atoms with Gasteiger partial charge in [-0.1, -0.05) is 0 Å². The van der Waals surface area contributed by atoms with E-state index in [1.807, 2.05) is 24.3 Å². The minimum Gasteiger partial charge on any atom is -0.385 e. The maximum Gasteiger partial charge on any atom is 0.216 e. The highest BCUT2D eigenvalue weighted by Crippen LogP contribution is 2.27. The molecule has 0 amide bonds. The Bertz CT molecular complexity index is 900. The lowest BCUT2D eigenvalue weighted by Gasteiger charge is -2.31. The maximum atomic E-state index is 12.3. The molecular formula is C21H35N3O4S2. The number of hydrogen-bond donors (Lipinski definition) is 2. The first kappa shape index (κ1) is 23.3. The molecule has 30 heavy (non-hydrogen) atoms. The summed E-state index contributed by atoms with van der Waals surface area (Å²) in [5.74, 6) is 0.982. The molecule has 1 saturated heterocycles. The Morgan fingerprint density at radius 3 is 2.10 bits per heavy atom. The molecule has 0 unspecified atom stereocenters. The van der Waals surface area contributed by atoms with Crippen LogP contribution in [0.25, 0.3) is 0 Å². The summed E-state index contributed by atoms with van der Waals surface area (Å²) in [5, 5.41) is 3.49. The zero-order valence-electron chi connectivity index (χ0n) is 18.2. The van der Waals surface area contributed by atoms with Crippen molar-refractivity contribution in [3.63, 3.8) is 0 Å². The molecule has 1 heterocycles. The molecule has 170 valence electrons. The van der Waals surface area contributed by atoms with Gasteiger partial charge in [0.1, 0.15) is 0 Å². The number of sulfone groups is 1. The van der Waals surface area contributed by atoms with Crippen LogP contribution in [0.4, 0.5) is 11.4 Å². The molecule has 0 radical (unpaired) electrons. The number of benzene rings is 1. The summed E-state index contributed by atoms with van der Waals surface area (Å²) in [6, 6.07) is 8.21. The van der Waals surface area contributed by atoms with E-state index in [4.69, 9.17) is 0 Å². The second-order valence-corrected chi connectivity index (χ2v) is 14.3. The van der Waals surface area contributed by atoms with Crippen LogP contribution in [0, 0.1) is 5.92 Å². The van der Waals surface area contributed by atoms with Crippen LogP contribution in [0.2, 0.25) is 0 Å². The first-order chi connectivity index (χ1) is 14.0. The van der Waals surface area contributed by atoms with E-state index >= 15 is 0 Å². The Morgan fingerprint density at radius 1 is 1.00 bits per heavy atom. The van der Waals surface area contributed by atoms with Gasteiger partial charge in [-0.25, -0.2) is 21.6 Å². The monoisotopic (exact) mass is 457 g/mol. The van der Waals surface area contributed by atoms with Crippen molar-refractivity contribution in [3.8, 4) is 0 Å². The molecule has 1 aromatic rings. The molecule has 3 rings (SSSR count). The summed E-state index contributed by atoms with van der Waals surface area (Å²) in [4.78, 5) is 2.12. The van der Waals surface area contributed by atoms with Gasteiger partial charge >= 0.3 is 0 Å². The quantitative estimate of drug-likeness (QED) is 0.682. The van der Waals surface area contributed by atoms with E-state index in [0.29, 0.717) is 19.0 Å². The first-order valence-corrected chi connectivity index (χ1v) is 14.1. The van der Waals surface area contributed by atoms with Crippen LogP contribution < -0.4 is 14.9 Å². The van der Waals surface area contributed by atoms with Gasteiger partial charge in [-0.05, 0) is 76.6 Å². The van der Waals surface area contributed by atoms with Crippen LogP contribution in [0.1, 0.15) is 46.5 Å². The molecule has 0 aromatic heterocycles. The molecule has 0 bridgehead atoms. The molecule has 2 N–H and O–H groups in total. The van der Waals surface area contributed by atoms with E-state index < -0.39 is 24.6 Å². The number of rotatable bonds is 6. The van der Waals surface area contributed by atoms with Crippen LogP contribution in [0.5, 0.6) is 0 Å². The fraction of sp³-hybridized carbons (Fsp3) is 0.714. The molecule has 7 nitrogen and oxygen atoms in total. The van der Waals surface area contributed by atoms with Crippen LogP contribution in [0.3, 0.4) is 0 Å². The van der Waals surface area contributed by atoms with E-state index in [2.05, 4.69) is 14.9 Å². The molecule has 0 spiro atoms. The summed E-state index contributed by atoms with van der Waals surface area (Å²) in [6.45, 7) is 7.16. The highest BCUT2D eigenvalue weighted by molar-refractivity contribution is 7.91. The van der Waals surface area contributed by atoms with Crippen molar-refractivity contribution in [1.82, 2.24) is 4.72 Å². The van der Waals surface area contributed by atoms with Crippen molar-refractivity contribution >= 4 is 31.2 Å². The van der Waals surface area contributed by atoms with Crippen molar-refractivity contribution in [2.45, 2.75) is 57.2 Å². The van der Waals surface area contributed by atoms with E-state index in [-0.39, 0.29) is 17.5 Å². The van der Waals surface area contributed by atoms with Crippen molar-refractivity contribution < 1.29 is 16.8 Å². The Kier molecular flexibility index (Phi) is 7.04. The van der Waals surface area contributed by atoms with Gasteiger partial charge in [0.15, 0.2) is 9.84 Å². The van der Waals surface area contributed by atoms with Gasteiger partial charge in [0.25, 0.3) is 0 Å². The number of nitrogens with zero attached hydrogens (tertiary/aromatic N) is 1. The van der Waals surface area contributed by atoms with E-state index in [1.54, 1.807) is 20.8 Å². The third-order valence-electron chi connectivity index (χ3n) is 6.15. The molecular weight excluding hydrogens is 422 g/mol. The third-order valence-corrected chi connectivity index (χ3v) is 10.0. The Morgan fingerprint density at radius 2 is 1.57 bits per heavy atom. The molecule has 9 heteroatoms. The molecule has 0 atom stereocenters. The molecule has 1 saturated carbocycles. The van der Waals surface area contributed by atoms with E-state index in [0.717, 1.165) is 43.6 Å². The van der Waals surface area contributed by atoms with Gasteiger partial charge in [0, 0.05) is 37.1 Å².